The van der Waals surface area contributed by atoms with Gasteiger partial charge in [-0.15, -0.1) is 11.3 Å². The Labute approximate surface area is 224 Å². The molecule has 3 N–H and O–H groups in total. The van der Waals surface area contributed by atoms with Crippen molar-refractivity contribution in [2.24, 2.45) is 5.92 Å². The largest absolute Gasteiger partial charge is 0.358 e. The standard InChI is InChI=1S/C29H28FN7S/c1-16(2)12-17(3)33-21-13-20(14-31-15-21)23-6-7-24-29(35-23)28(37-36-24)19(5)34-22-10-11-32-27(18(22)4)25-8-9-26(30)38-25/h6-11,13-16,33H,3,5,12H2,1-2,4H3,(H,32,34)(H,36,37). The Kier molecular flexibility index (Phi) is 7.02. The number of hydrogen-bond acceptors (Lipinski definition) is 7. The van der Waals surface area contributed by atoms with Crippen LogP contribution in [0.2, 0.25) is 0 Å². The summed E-state index contributed by atoms with van der Waals surface area (Å²) < 4.78 is 13.6. The molecule has 0 saturated carbocycles. The summed E-state index contributed by atoms with van der Waals surface area (Å²) >= 11 is 1.07. The number of aromatic amines is 1. The molecule has 0 aliphatic heterocycles. The first-order valence-electron chi connectivity index (χ1n) is 12.2. The normalized spacial score (nSPS) is 11.2. The maximum absolute atomic E-state index is 13.6. The van der Waals surface area contributed by atoms with Gasteiger partial charge >= 0.3 is 0 Å². The first-order chi connectivity index (χ1) is 18.3. The van der Waals surface area contributed by atoms with Crippen LogP contribution >= 0.6 is 11.3 Å². The van der Waals surface area contributed by atoms with E-state index in [1.807, 2.05) is 31.2 Å². The molecule has 0 aliphatic carbocycles. The summed E-state index contributed by atoms with van der Waals surface area (Å²) in [6.45, 7) is 14.6. The predicted octanol–water partition coefficient (Wildman–Crippen LogP) is 7.65. The van der Waals surface area contributed by atoms with Crippen molar-refractivity contribution in [3.8, 4) is 21.8 Å². The van der Waals surface area contributed by atoms with Crippen molar-refractivity contribution >= 4 is 39.4 Å². The number of nitrogens with zero attached hydrogens (tertiary/aromatic N) is 4. The van der Waals surface area contributed by atoms with Crippen LogP contribution in [0.15, 0.2) is 73.8 Å². The number of anilines is 2. The molecule has 0 spiro atoms. The Bertz CT molecular complexity index is 1650. The molecule has 0 fully saturated rings. The highest BCUT2D eigenvalue weighted by Crippen LogP contribution is 2.33. The SMILES string of the molecule is C=C(CC(C)C)Nc1cncc(-c2ccc3[nH]nc(C(=C)Nc4ccnc(-c5ccc(F)s5)c4C)c3n2)c1. The number of fused-ring (bicyclic) bond motifs is 1. The molecular weight excluding hydrogens is 497 g/mol. The molecule has 0 atom stereocenters. The molecule has 0 bridgehead atoms. The van der Waals surface area contributed by atoms with Crippen LogP contribution in [0.4, 0.5) is 15.8 Å². The number of nitrogens with one attached hydrogen (secondary N) is 3. The quantitative estimate of drug-likeness (QED) is 0.183. The van der Waals surface area contributed by atoms with E-state index in [-0.39, 0.29) is 5.13 Å². The van der Waals surface area contributed by atoms with Crippen molar-refractivity contribution in [3.63, 3.8) is 0 Å². The van der Waals surface area contributed by atoms with E-state index in [2.05, 4.69) is 57.8 Å². The van der Waals surface area contributed by atoms with Gasteiger partial charge in [-0.2, -0.15) is 9.49 Å². The number of hydrogen-bond donors (Lipinski definition) is 3. The summed E-state index contributed by atoms with van der Waals surface area (Å²) in [4.78, 5) is 14.5. The van der Waals surface area contributed by atoms with Crippen LogP contribution in [0.1, 0.15) is 31.5 Å². The Balaban J connectivity index is 1.41. The second-order valence-electron chi connectivity index (χ2n) is 9.49. The highest BCUT2D eigenvalue weighted by atomic mass is 32.1. The lowest BCUT2D eigenvalue weighted by molar-refractivity contribution is 0.645. The van der Waals surface area contributed by atoms with Gasteiger partial charge in [0.2, 0.25) is 0 Å². The van der Waals surface area contributed by atoms with Gasteiger partial charge in [-0.05, 0) is 61.2 Å². The van der Waals surface area contributed by atoms with Gasteiger partial charge < -0.3 is 10.6 Å². The minimum absolute atomic E-state index is 0.245. The zero-order valence-electron chi connectivity index (χ0n) is 21.5. The van der Waals surface area contributed by atoms with Crippen LogP contribution in [0.25, 0.3) is 38.6 Å². The molecule has 0 radical (unpaired) electrons. The lowest BCUT2D eigenvalue weighted by Gasteiger charge is -2.13. The van der Waals surface area contributed by atoms with Gasteiger partial charge in [0.15, 0.2) is 5.13 Å². The molecule has 9 heteroatoms. The summed E-state index contributed by atoms with van der Waals surface area (Å²) in [7, 11) is 0. The molecule has 0 unspecified atom stereocenters. The van der Waals surface area contributed by atoms with E-state index in [1.54, 1.807) is 24.7 Å². The topological polar surface area (TPSA) is 91.4 Å². The van der Waals surface area contributed by atoms with Gasteiger partial charge in [0, 0.05) is 29.3 Å². The third kappa shape index (κ3) is 5.33. The molecule has 192 valence electrons. The Hall–Kier alpha value is -4.37. The fraction of sp³-hybridized carbons (Fsp3) is 0.172. The predicted molar refractivity (Wildman–Crippen MR) is 154 cm³/mol. The Morgan fingerprint density at radius 1 is 1.11 bits per heavy atom. The molecule has 0 amide bonds. The van der Waals surface area contributed by atoms with Gasteiger partial charge in [0.05, 0.1) is 39.4 Å². The fourth-order valence-corrected chi connectivity index (χ4v) is 5.03. The Morgan fingerprint density at radius 3 is 2.71 bits per heavy atom. The van der Waals surface area contributed by atoms with Crippen molar-refractivity contribution in [1.82, 2.24) is 25.1 Å². The second kappa shape index (κ2) is 10.5. The van der Waals surface area contributed by atoms with Crippen molar-refractivity contribution in [2.45, 2.75) is 27.2 Å². The minimum atomic E-state index is -0.245. The van der Waals surface area contributed by atoms with E-state index in [4.69, 9.17) is 4.98 Å². The summed E-state index contributed by atoms with van der Waals surface area (Å²) in [5.41, 5.74) is 8.54. The van der Waals surface area contributed by atoms with Gasteiger partial charge in [0.25, 0.3) is 0 Å². The van der Waals surface area contributed by atoms with E-state index >= 15 is 0 Å². The summed E-state index contributed by atoms with van der Waals surface area (Å²) in [6, 6.07) is 10.9. The van der Waals surface area contributed by atoms with Crippen LogP contribution in [0.3, 0.4) is 0 Å². The van der Waals surface area contributed by atoms with E-state index in [1.165, 1.54) is 6.07 Å². The minimum Gasteiger partial charge on any atom is -0.358 e. The molecule has 5 aromatic rings. The maximum Gasteiger partial charge on any atom is 0.177 e. The fourth-order valence-electron chi connectivity index (χ4n) is 4.25. The number of aromatic nitrogens is 5. The van der Waals surface area contributed by atoms with E-state index in [0.29, 0.717) is 22.8 Å². The molecule has 38 heavy (non-hydrogen) atoms. The number of thiophene rings is 1. The number of rotatable bonds is 9. The van der Waals surface area contributed by atoms with Crippen LogP contribution in [0, 0.1) is 18.0 Å². The van der Waals surface area contributed by atoms with Crippen LogP contribution < -0.4 is 10.6 Å². The average molecular weight is 526 g/mol. The van der Waals surface area contributed by atoms with Gasteiger partial charge in [0.1, 0.15) is 11.2 Å². The lowest BCUT2D eigenvalue weighted by atomic mass is 10.1. The summed E-state index contributed by atoms with van der Waals surface area (Å²) in [5.74, 6) is 0.512. The van der Waals surface area contributed by atoms with Gasteiger partial charge in [-0.25, -0.2) is 4.98 Å². The second-order valence-corrected chi connectivity index (χ2v) is 10.5. The third-order valence-electron chi connectivity index (χ3n) is 6.00. The zero-order chi connectivity index (χ0) is 26.8. The number of allylic oxidation sites excluding steroid dienone is 1. The number of pyridine rings is 3. The van der Waals surface area contributed by atoms with Crippen molar-refractivity contribution < 1.29 is 4.39 Å². The molecule has 5 aromatic heterocycles. The third-order valence-corrected chi connectivity index (χ3v) is 6.88. The van der Waals surface area contributed by atoms with Crippen LogP contribution in [-0.2, 0) is 0 Å². The van der Waals surface area contributed by atoms with Crippen molar-refractivity contribution in [2.75, 3.05) is 10.6 Å². The molecule has 0 saturated heterocycles. The summed E-state index contributed by atoms with van der Waals surface area (Å²) in [5, 5.41) is 14.0. The van der Waals surface area contributed by atoms with Crippen molar-refractivity contribution in [3.05, 3.63) is 90.2 Å². The maximum atomic E-state index is 13.6. The lowest BCUT2D eigenvalue weighted by Crippen LogP contribution is -2.02. The van der Waals surface area contributed by atoms with Gasteiger partial charge in [-0.3, -0.25) is 15.1 Å². The van der Waals surface area contributed by atoms with Crippen LogP contribution in [0.5, 0.6) is 0 Å². The van der Waals surface area contributed by atoms with E-state index in [0.717, 1.165) is 67.7 Å². The van der Waals surface area contributed by atoms with E-state index < -0.39 is 0 Å². The smallest absolute Gasteiger partial charge is 0.177 e. The highest BCUT2D eigenvalue weighted by molar-refractivity contribution is 7.13. The molecule has 7 nitrogen and oxygen atoms in total. The van der Waals surface area contributed by atoms with Gasteiger partial charge in [-0.1, -0.05) is 27.0 Å². The average Bonchev–Trinajstić information content (AvgIpc) is 3.50. The zero-order valence-corrected chi connectivity index (χ0v) is 22.3. The summed E-state index contributed by atoms with van der Waals surface area (Å²) in [6.07, 6.45) is 6.13. The number of H-pyrrole nitrogens is 1. The molecule has 5 rings (SSSR count). The van der Waals surface area contributed by atoms with E-state index in [9.17, 15) is 4.39 Å². The van der Waals surface area contributed by atoms with Crippen LogP contribution in [-0.4, -0.2) is 25.1 Å². The molecule has 5 heterocycles. The van der Waals surface area contributed by atoms with Crippen molar-refractivity contribution in [1.29, 1.82) is 0 Å². The molecule has 0 aliphatic rings. The molecule has 0 aromatic carbocycles. The monoisotopic (exact) mass is 525 g/mol. The first kappa shape index (κ1) is 25.3. The first-order valence-corrected chi connectivity index (χ1v) is 13.0. The molecular formula is C29H28FN7S. The number of halogens is 1. The Morgan fingerprint density at radius 2 is 1.95 bits per heavy atom. The highest BCUT2D eigenvalue weighted by Gasteiger charge is 2.16.